The number of fused-ring (bicyclic) bond motifs is 7. The lowest BCUT2D eigenvalue weighted by atomic mass is 9.82. The second-order valence-electron chi connectivity index (χ2n) is 15.2. The monoisotopic (exact) mass is 732 g/mol. The number of benzene rings is 8. The number of nitrogens with zero attached hydrogens (tertiary/aromatic N) is 4. The molecule has 0 saturated carbocycles. The summed E-state index contributed by atoms with van der Waals surface area (Å²) in [4.78, 5) is 17.6. The van der Waals surface area contributed by atoms with Crippen LogP contribution in [0, 0.1) is 0 Å². The Hall–Kier alpha value is -7.37. The van der Waals surface area contributed by atoms with E-state index >= 15 is 0 Å². The zero-order valence-corrected chi connectivity index (χ0v) is 31.5. The highest BCUT2D eigenvalue weighted by molar-refractivity contribution is 6.19. The minimum absolute atomic E-state index is 0.156. The van der Waals surface area contributed by atoms with Crippen molar-refractivity contribution in [2.75, 3.05) is 4.90 Å². The van der Waals surface area contributed by atoms with Crippen molar-refractivity contribution < 1.29 is 4.42 Å². The summed E-state index contributed by atoms with van der Waals surface area (Å²) >= 11 is 0. The summed E-state index contributed by atoms with van der Waals surface area (Å²) in [6, 6.07) is 63.7. The molecule has 1 aliphatic carbocycles. The third-order valence-corrected chi connectivity index (χ3v) is 11.5. The van der Waals surface area contributed by atoms with Gasteiger partial charge in [0.15, 0.2) is 17.5 Å². The van der Waals surface area contributed by atoms with Gasteiger partial charge in [0.25, 0.3) is 0 Å². The Morgan fingerprint density at radius 1 is 0.456 bits per heavy atom. The van der Waals surface area contributed by atoms with E-state index < -0.39 is 0 Å². The fourth-order valence-corrected chi connectivity index (χ4v) is 8.67. The average Bonchev–Trinajstić information content (AvgIpc) is 3.75. The maximum absolute atomic E-state index is 7.02. The van der Waals surface area contributed by atoms with Crippen LogP contribution in [0.4, 0.5) is 17.1 Å². The van der Waals surface area contributed by atoms with Gasteiger partial charge in [0.2, 0.25) is 0 Å². The number of furan rings is 1. The molecule has 0 unspecified atom stereocenters. The van der Waals surface area contributed by atoms with Crippen LogP contribution in [0.3, 0.4) is 0 Å². The van der Waals surface area contributed by atoms with Gasteiger partial charge in [-0.3, -0.25) is 0 Å². The standard InChI is InChI=1S/C52H36N4O/c1-52(2)43-25-15-14-24-39(43)40-27-26-38(32-44(40)52)56(37-22-10-5-11-23-37)45-29-28-41(48-47(45)42-30-35-20-12-13-21-36(35)31-46(42)57-48)51-54-49(33-16-6-3-7-17-33)53-50(55-51)34-18-8-4-9-19-34/h3-32H,1-2H3. The van der Waals surface area contributed by atoms with Gasteiger partial charge in [-0.05, 0) is 81.6 Å². The normalized spacial score (nSPS) is 12.9. The van der Waals surface area contributed by atoms with Crippen molar-refractivity contribution in [2.45, 2.75) is 19.3 Å². The van der Waals surface area contributed by atoms with Crippen LogP contribution in [0.2, 0.25) is 0 Å². The highest BCUT2D eigenvalue weighted by atomic mass is 16.3. The molecule has 10 aromatic rings. The molecule has 270 valence electrons. The summed E-state index contributed by atoms with van der Waals surface area (Å²) in [6.07, 6.45) is 0. The van der Waals surface area contributed by atoms with Crippen molar-refractivity contribution >= 4 is 49.8 Å². The van der Waals surface area contributed by atoms with E-state index in [2.05, 4.69) is 140 Å². The van der Waals surface area contributed by atoms with Gasteiger partial charge in [0, 0.05) is 33.3 Å². The lowest BCUT2D eigenvalue weighted by molar-refractivity contribution is 0.660. The molecule has 0 amide bonds. The first kappa shape index (κ1) is 33.0. The van der Waals surface area contributed by atoms with Gasteiger partial charge in [0.05, 0.1) is 16.6 Å². The van der Waals surface area contributed by atoms with E-state index in [1.54, 1.807) is 0 Å². The molecule has 0 aliphatic heterocycles. The van der Waals surface area contributed by atoms with Crippen LogP contribution in [0.1, 0.15) is 25.0 Å². The summed E-state index contributed by atoms with van der Waals surface area (Å²) in [5.41, 5.74) is 12.4. The summed E-state index contributed by atoms with van der Waals surface area (Å²) in [6.45, 7) is 4.66. The number of hydrogen-bond acceptors (Lipinski definition) is 5. The van der Waals surface area contributed by atoms with E-state index in [1.165, 1.54) is 22.3 Å². The van der Waals surface area contributed by atoms with E-state index in [4.69, 9.17) is 19.4 Å². The van der Waals surface area contributed by atoms with Crippen molar-refractivity contribution in [3.63, 3.8) is 0 Å². The third-order valence-electron chi connectivity index (χ3n) is 11.5. The maximum atomic E-state index is 7.02. The zero-order valence-electron chi connectivity index (χ0n) is 31.5. The van der Waals surface area contributed by atoms with Crippen LogP contribution in [-0.4, -0.2) is 15.0 Å². The van der Waals surface area contributed by atoms with E-state index in [-0.39, 0.29) is 5.41 Å². The molecule has 1 aliphatic rings. The average molecular weight is 733 g/mol. The van der Waals surface area contributed by atoms with Crippen molar-refractivity contribution in [1.29, 1.82) is 0 Å². The predicted molar refractivity (Wildman–Crippen MR) is 233 cm³/mol. The van der Waals surface area contributed by atoms with Crippen LogP contribution in [0.25, 0.3) is 78.0 Å². The van der Waals surface area contributed by atoms with Crippen LogP contribution in [0.5, 0.6) is 0 Å². The second kappa shape index (κ2) is 12.9. The second-order valence-corrected chi connectivity index (χ2v) is 15.2. The molecule has 2 heterocycles. The molecular weight excluding hydrogens is 697 g/mol. The van der Waals surface area contributed by atoms with Crippen molar-refractivity contribution in [1.82, 2.24) is 15.0 Å². The molecular formula is C52H36N4O. The molecule has 0 radical (unpaired) electrons. The van der Waals surface area contributed by atoms with E-state index in [0.717, 1.165) is 66.5 Å². The topological polar surface area (TPSA) is 55.1 Å². The summed E-state index contributed by atoms with van der Waals surface area (Å²) < 4.78 is 7.02. The summed E-state index contributed by atoms with van der Waals surface area (Å²) in [7, 11) is 0. The molecule has 5 heteroatoms. The van der Waals surface area contributed by atoms with Crippen molar-refractivity contribution in [3.8, 4) is 45.3 Å². The molecule has 2 aromatic heterocycles. The molecule has 8 aromatic carbocycles. The van der Waals surface area contributed by atoms with Gasteiger partial charge in [0.1, 0.15) is 11.2 Å². The molecule has 0 bridgehead atoms. The molecule has 57 heavy (non-hydrogen) atoms. The molecule has 0 saturated heterocycles. The van der Waals surface area contributed by atoms with Crippen LogP contribution < -0.4 is 4.90 Å². The SMILES string of the molecule is CC1(C)c2ccccc2-c2ccc(N(c3ccccc3)c3ccc(-c4nc(-c5ccccc5)nc(-c5ccccc5)n4)c4oc5cc6ccccc6cc5c34)cc21. The van der Waals surface area contributed by atoms with Gasteiger partial charge in [-0.2, -0.15) is 0 Å². The Morgan fingerprint density at radius 2 is 1.02 bits per heavy atom. The van der Waals surface area contributed by atoms with Crippen LogP contribution in [0.15, 0.2) is 186 Å². The van der Waals surface area contributed by atoms with Gasteiger partial charge >= 0.3 is 0 Å². The zero-order chi connectivity index (χ0) is 38.1. The number of rotatable bonds is 6. The highest BCUT2D eigenvalue weighted by Crippen LogP contribution is 2.52. The third kappa shape index (κ3) is 5.35. The van der Waals surface area contributed by atoms with Gasteiger partial charge < -0.3 is 9.32 Å². The van der Waals surface area contributed by atoms with Crippen molar-refractivity contribution in [2.24, 2.45) is 0 Å². The number of aromatic nitrogens is 3. The molecule has 5 nitrogen and oxygen atoms in total. The Bertz CT molecular complexity index is 3100. The van der Waals surface area contributed by atoms with Crippen LogP contribution in [-0.2, 0) is 5.41 Å². The fraction of sp³-hybridized carbons (Fsp3) is 0.0577. The first-order chi connectivity index (χ1) is 28.0. The minimum Gasteiger partial charge on any atom is -0.455 e. The first-order valence-electron chi connectivity index (χ1n) is 19.4. The number of hydrogen-bond donors (Lipinski definition) is 0. The quantitative estimate of drug-likeness (QED) is 0.170. The summed E-state index contributed by atoms with van der Waals surface area (Å²) in [5.74, 6) is 1.75. The fourth-order valence-electron chi connectivity index (χ4n) is 8.67. The highest BCUT2D eigenvalue weighted by Gasteiger charge is 2.36. The first-order valence-corrected chi connectivity index (χ1v) is 19.4. The Morgan fingerprint density at radius 3 is 1.72 bits per heavy atom. The molecule has 0 N–H and O–H groups in total. The van der Waals surface area contributed by atoms with Gasteiger partial charge in [-0.1, -0.05) is 147 Å². The Labute approximate surface area is 330 Å². The minimum atomic E-state index is -0.156. The molecule has 0 spiro atoms. The van der Waals surface area contributed by atoms with Crippen molar-refractivity contribution in [3.05, 3.63) is 193 Å². The Balaban J connectivity index is 1.20. The lowest BCUT2D eigenvalue weighted by Gasteiger charge is -2.29. The Kier molecular flexibility index (Phi) is 7.45. The van der Waals surface area contributed by atoms with E-state index in [1.807, 2.05) is 60.7 Å². The molecule has 0 fully saturated rings. The summed E-state index contributed by atoms with van der Waals surface area (Å²) in [5, 5.41) is 4.27. The van der Waals surface area contributed by atoms with Gasteiger partial charge in [-0.25, -0.2) is 15.0 Å². The van der Waals surface area contributed by atoms with Gasteiger partial charge in [-0.15, -0.1) is 0 Å². The largest absolute Gasteiger partial charge is 0.455 e. The maximum Gasteiger partial charge on any atom is 0.167 e. The molecule has 11 rings (SSSR count). The predicted octanol–water partition coefficient (Wildman–Crippen LogP) is 13.7. The number of para-hydroxylation sites is 1. The number of anilines is 3. The van der Waals surface area contributed by atoms with Crippen LogP contribution >= 0.6 is 0 Å². The lowest BCUT2D eigenvalue weighted by Crippen LogP contribution is -2.16. The van der Waals surface area contributed by atoms with E-state index in [0.29, 0.717) is 17.5 Å². The van der Waals surface area contributed by atoms with E-state index in [9.17, 15) is 0 Å². The molecule has 0 atom stereocenters. The smallest absolute Gasteiger partial charge is 0.167 e.